The summed E-state index contributed by atoms with van der Waals surface area (Å²) in [6.07, 6.45) is 2.90. The average Bonchev–Trinajstić information content (AvgIpc) is 2.86. The normalized spacial score (nSPS) is 21.8. The largest absolute Gasteiger partial charge is 0.467 e. The lowest BCUT2D eigenvalue weighted by Crippen LogP contribution is -2.23. The molecule has 1 N–H and O–H groups in total. The van der Waals surface area contributed by atoms with Crippen LogP contribution in [-0.4, -0.2) is 17.0 Å². The summed E-state index contributed by atoms with van der Waals surface area (Å²) in [6.45, 7) is 9.87. The maximum Gasteiger partial charge on any atom is 0.157 e. The van der Waals surface area contributed by atoms with E-state index in [1.165, 1.54) is 6.42 Å². The third-order valence-electron chi connectivity index (χ3n) is 2.87. The minimum Gasteiger partial charge on any atom is -0.467 e. The minimum absolute atomic E-state index is 0.180. The predicted octanol–water partition coefficient (Wildman–Crippen LogP) is 3.84. The molecule has 18 heavy (non-hydrogen) atoms. The number of nitrogens with one attached hydrogen (secondary N) is 1. The second-order valence-corrected chi connectivity index (χ2v) is 7.32. The summed E-state index contributed by atoms with van der Waals surface area (Å²) in [6, 6.07) is 4.09. The molecular formula is C14H22N2OS. The Morgan fingerprint density at radius 3 is 2.94 bits per heavy atom. The maximum atomic E-state index is 5.39. The van der Waals surface area contributed by atoms with Gasteiger partial charge in [0.25, 0.3) is 0 Å². The monoisotopic (exact) mass is 266 g/mol. The van der Waals surface area contributed by atoms with Gasteiger partial charge in [-0.25, -0.2) is 0 Å². The lowest BCUT2D eigenvalue weighted by molar-refractivity contribution is 0.375. The van der Waals surface area contributed by atoms with Gasteiger partial charge in [0.1, 0.15) is 5.76 Å². The number of aliphatic imine (C=N–C) groups is 1. The first-order valence-electron chi connectivity index (χ1n) is 6.45. The summed E-state index contributed by atoms with van der Waals surface area (Å²) in [5.74, 6) is 0.956. The maximum absolute atomic E-state index is 5.39. The van der Waals surface area contributed by atoms with Crippen LogP contribution < -0.4 is 5.32 Å². The van der Waals surface area contributed by atoms with Crippen molar-refractivity contribution in [2.24, 2.45) is 10.4 Å². The molecule has 0 saturated heterocycles. The molecule has 0 fully saturated rings. The van der Waals surface area contributed by atoms with Gasteiger partial charge in [-0.3, -0.25) is 4.99 Å². The number of amidine groups is 1. The van der Waals surface area contributed by atoms with E-state index in [4.69, 9.17) is 4.42 Å². The highest BCUT2D eigenvalue weighted by Gasteiger charge is 2.25. The molecule has 0 radical (unpaired) electrons. The van der Waals surface area contributed by atoms with Gasteiger partial charge in [-0.15, -0.1) is 0 Å². The molecule has 1 aromatic rings. The van der Waals surface area contributed by atoms with E-state index in [-0.39, 0.29) is 6.04 Å². The number of rotatable bonds is 3. The predicted molar refractivity (Wildman–Crippen MR) is 78.0 cm³/mol. The second kappa shape index (κ2) is 5.39. The Hall–Kier alpha value is -0.900. The van der Waals surface area contributed by atoms with Crippen molar-refractivity contribution in [3.8, 4) is 0 Å². The highest BCUT2D eigenvalue weighted by Crippen LogP contribution is 2.32. The van der Waals surface area contributed by atoms with Crippen molar-refractivity contribution in [3.63, 3.8) is 0 Å². The zero-order chi connectivity index (χ0) is 13.2. The van der Waals surface area contributed by atoms with Crippen LogP contribution in [-0.2, 0) is 0 Å². The third kappa shape index (κ3) is 3.80. The molecule has 1 aromatic heterocycles. The number of nitrogens with zero attached hydrogens (tertiary/aromatic N) is 1. The van der Waals surface area contributed by atoms with Crippen molar-refractivity contribution >= 4 is 16.9 Å². The molecule has 1 aliphatic rings. The van der Waals surface area contributed by atoms with Crippen LogP contribution in [0.4, 0.5) is 0 Å². The molecule has 2 unspecified atom stereocenters. The van der Waals surface area contributed by atoms with Crippen LogP contribution in [0.25, 0.3) is 0 Å². The number of hydrogen-bond donors (Lipinski definition) is 1. The molecule has 2 rings (SSSR count). The molecule has 3 nitrogen and oxygen atoms in total. The van der Waals surface area contributed by atoms with Crippen molar-refractivity contribution in [3.05, 3.63) is 24.2 Å². The molecule has 0 saturated carbocycles. The summed E-state index contributed by atoms with van der Waals surface area (Å²) in [4.78, 5) is 4.58. The van der Waals surface area contributed by atoms with Crippen molar-refractivity contribution in [1.29, 1.82) is 0 Å². The first-order chi connectivity index (χ1) is 8.44. The molecule has 100 valence electrons. The first kappa shape index (κ1) is 13.5. The molecule has 0 amide bonds. The Kier molecular flexibility index (Phi) is 4.05. The van der Waals surface area contributed by atoms with E-state index >= 15 is 0 Å². The van der Waals surface area contributed by atoms with Gasteiger partial charge in [-0.05, 0) is 30.9 Å². The van der Waals surface area contributed by atoms with Gasteiger partial charge in [0.2, 0.25) is 0 Å². The Morgan fingerprint density at radius 1 is 1.56 bits per heavy atom. The molecule has 2 heterocycles. The smallest absolute Gasteiger partial charge is 0.157 e. The molecule has 0 aromatic carbocycles. The van der Waals surface area contributed by atoms with Crippen LogP contribution >= 0.6 is 11.8 Å². The fraction of sp³-hybridized carbons (Fsp3) is 0.643. The van der Waals surface area contributed by atoms with Crippen LogP contribution in [0.15, 0.2) is 27.8 Å². The Morgan fingerprint density at radius 2 is 2.33 bits per heavy atom. The van der Waals surface area contributed by atoms with E-state index in [1.807, 2.05) is 23.9 Å². The molecular weight excluding hydrogens is 244 g/mol. The highest BCUT2D eigenvalue weighted by molar-refractivity contribution is 8.14. The van der Waals surface area contributed by atoms with E-state index in [0.29, 0.717) is 10.7 Å². The number of thioether (sulfide) groups is 1. The van der Waals surface area contributed by atoms with E-state index in [0.717, 1.165) is 17.5 Å². The lowest BCUT2D eigenvalue weighted by Gasteiger charge is -2.21. The molecule has 0 bridgehead atoms. The first-order valence-corrected chi connectivity index (χ1v) is 7.33. The van der Waals surface area contributed by atoms with Crippen molar-refractivity contribution in [1.82, 2.24) is 5.32 Å². The van der Waals surface area contributed by atoms with Crippen LogP contribution in [0.3, 0.4) is 0 Å². The van der Waals surface area contributed by atoms with Crippen LogP contribution in [0.1, 0.15) is 45.9 Å². The molecule has 2 atom stereocenters. The number of hydrogen-bond acceptors (Lipinski definition) is 4. The van der Waals surface area contributed by atoms with E-state index in [2.05, 4.69) is 38.0 Å². The van der Waals surface area contributed by atoms with Gasteiger partial charge in [-0.1, -0.05) is 32.5 Å². The summed E-state index contributed by atoms with van der Waals surface area (Å²) in [5, 5.41) is 5.07. The summed E-state index contributed by atoms with van der Waals surface area (Å²) >= 11 is 1.86. The summed E-state index contributed by atoms with van der Waals surface area (Å²) in [7, 11) is 0. The zero-order valence-electron chi connectivity index (χ0n) is 11.6. The second-order valence-electron chi connectivity index (χ2n) is 6.03. The highest BCUT2D eigenvalue weighted by atomic mass is 32.2. The number of furan rings is 1. The SMILES string of the molecule is CC(NC1=NCC(CC(C)(C)C)S1)c1ccco1. The Bertz CT molecular complexity index is 406. The molecule has 4 heteroatoms. The molecule has 0 spiro atoms. The van der Waals surface area contributed by atoms with Gasteiger partial charge < -0.3 is 9.73 Å². The third-order valence-corrected chi connectivity index (χ3v) is 3.99. The van der Waals surface area contributed by atoms with Gasteiger partial charge >= 0.3 is 0 Å². The van der Waals surface area contributed by atoms with Crippen LogP contribution in [0.2, 0.25) is 0 Å². The van der Waals surface area contributed by atoms with Crippen LogP contribution in [0, 0.1) is 5.41 Å². The van der Waals surface area contributed by atoms with Crippen LogP contribution in [0.5, 0.6) is 0 Å². The van der Waals surface area contributed by atoms with Gasteiger partial charge in [0.15, 0.2) is 5.17 Å². The fourth-order valence-electron chi connectivity index (χ4n) is 2.08. The Labute approximate surface area is 113 Å². The molecule has 0 aliphatic carbocycles. The van der Waals surface area contributed by atoms with Gasteiger partial charge in [0.05, 0.1) is 18.8 Å². The minimum atomic E-state index is 0.180. The Balaban J connectivity index is 1.82. The standard InChI is InChI=1S/C14H22N2OS/c1-10(12-6-5-7-17-12)16-13-15-9-11(18-13)8-14(2,3)4/h5-7,10-11H,8-9H2,1-4H3,(H,15,16). The average molecular weight is 266 g/mol. The van der Waals surface area contributed by atoms with Gasteiger partial charge in [-0.2, -0.15) is 0 Å². The fourth-order valence-corrected chi connectivity index (χ4v) is 3.52. The van der Waals surface area contributed by atoms with Crippen molar-refractivity contribution in [2.75, 3.05) is 6.54 Å². The zero-order valence-corrected chi connectivity index (χ0v) is 12.4. The van der Waals surface area contributed by atoms with Crippen molar-refractivity contribution < 1.29 is 4.42 Å². The van der Waals surface area contributed by atoms with E-state index in [1.54, 1.807) is 6.26 Å². The van der Waals surface area contributed by atoms with Gasteiger partial charge in [0, 0.05) is 5.25 Å². The van der Waals surface area contributed by atoms with Crippen molar-refractivity contribution in [2.45, 2.75) is 45.4 Å². The lowest BCUT2D eigenvalue weighted by atomic mass is 9.90. The summed E-state index contributed by atoms with van der Waals surface area (Å²) in [5.41, 5.74) is 0.370. The van der Waals surface area contributed by atoms with E-state index < -0.39 is 0 Å². The summed E-state index contributed by atoms with van der Waals surface area (Å²) < 4.78 is 5.39. The topological polar surface area (TPSA) is 37.5 Å². The quantitative estimate of drug-likeness (QED) is 0.903. The molecule has 1 aliphatic heterocycles. The van der Waals surface area contributed by atoms with E-state index in [9.17, 15) is 0 Å².